The average molecular weight is 413 g/mol. The Morgan fingerprint density at radius 3 is 2.70 bits per heavy atom. The van der Waals surface area contributed by atoms with Crippen molar-refractivity contribution in [1.82, 2.24) is 9.47 Å². The van der Waals surface area contributed by atoms with Gasteiger partial charge >= 0.3 is 0 Å². The van der Waals surface area contributed by atoms with Gasteiger partial charge in [0, 0.05) is 49.2 Å². The zero-order valence-corrected chi connectivity index (χ0v) is 16.4. The van der Waals surface area contributed by atoms with Crippen molar-refractivity contribution in [1.29, 1.82) is 0 Å². The number of non-ortho nitro benzene ring substituents is 1. The van der Waals surface area contributed by atoms with E-state index in [1.54, 1.807) is 12.1 Å². The maximum atomic E-state index is 14.1. The molecule has 2 heterocycles. The van der Waals surface area contributed by atoms with Crippen molar-refractivity contribution < 1.29 is 18.4 Å². The van der Waals surface area contributed by atoms with E-state index < -0.39 is 16.6 Å². The summed E-state index contributed by atoms with van der Waals surface area (Å²) < 4.78 is 35.2. The van der Waals surface area contributed by atoms with Crippen LogP contribution in [0, 0.1) is 21.7 Å². The zero-order valence-electron chi connectivity index (χ0n) is 16.4. The Labute approximate surface area is 172 Å². The van der Waals surface area contributed by atoms with Gasteiger partial charge < -0.3 is 9.30 Å². The predicted octanol–water partition coefficient (Wildman–Crippen LogP) is 4.68. The molecule has 0 radical (unpaired) electrons. The van der Waals surface area contributed by atoms with Gasteiger partial charge in [0.25, 0.3) is 5.69 Å². The molecule has 0 aliphatic carbocycles. The zero-order chi connectivity index (χ0) is 21.3. The number of nitro groups is 1. The molecule has 1 aliphatic heterocycles. The van der Waals surface area contributed by atoms with Gasteiger partial charge in [-0.25, -0.2) is 8.78 Å². The number of fused-ring (bicyclic) bond motifs is 1. The molecule has 0 saturated carbocycles. The maximum Gasteiger partial charge on any atom is 0.270 e. The van der Waals surface area contributed by atoms with E-state index in [0.717, 1.165) is 24.7 Å². The van der Waals surface area contributed by atoms with Crippen LogP contribution in [0.15, 0.2) is 54.7 Å². The largest absolute Gasteiger partial charge is 0.496 e. The first-order valence-electron chi connectivity index (χ1n) is 9.63. The molecule has 0 spiro atoms. The van der Waals surface area contributed by atoms with Gasteiger partial charge in [0.2, 0.25) is 0 Å². The fourth-order valence-corrected chi connectivity index (χ4v) is 4.09. The van der Waals surface area contributed by atoms with Gasteiger partial charge in [-0.2, -0.15) is 0 Å². The summed E-state index contributed by atoms with van der Waals surface area (Å²) in [7, 11) is 1.52. The Kier molecular flexibility index (Phi) is 5.50. The van der Waals surface area contributed by atoms with Crippen LogP contribution in [0.25, 0.3) is 0 Å². The molecule has 1 atom stereocenters. The van der Waals surface area contributed by atoms with Gasteiger partial charge in [0.05, 0.1) is 18.1 Å². The number of methoxy groups -OCH3 is 1. The molecule has 8 heteroatoms. The average Bonchev–Trinajstić information content (AvgIpc) is 3.11. The molecule has 156 valence electrons. The molecule has 30 heavy (non-hydrogen) atoms. The Morgan fingerprint density at radius 2 is 1.97 bits per heavy atom. The molecule has 2 aromatic carbocycles. The highest BCUT2D eigenvalue weighted by molar-refractivity contribution is 5.44. The highest BCUT2D eigenvalue weighted by Crippen LogP contribution is 2.35. The highest BCUT2D eigenvalue weighted by atomic mass is 19.2. The number of ether oxygens (including phenoxy) is 1. The number of hydrogen-bond donors (Lipinski definition) is 0. The summed E-state index contributed by atoms with van der Waals surface area (Å²) >= 11 is 0. The van der Waals surface area contributed by atoms with E-state index in [9.17, 15) is 18.9 Å². The molecule has 1 unspecified atom stereocenters. The van der Waals surface area contributed by atoms with Crippen LogP contribution in [0.2, 0.25) is 0 Å². The minimum Gasteiger partial charge on any atom is -0.496 e. The van der Waals surface area contributed by atoms with Crippen molar-refractivity contribution >= 4 is 5.69 Å². The summed E-state index contributed by atoms with van der Waals surface area (Å²) in [5.74, 6) is -1.25. The van der Waals surface area contributed by atoms with E-state index in [1.165, 1.54) is 25.3 Å². The first-order valence-corrected chi connectivity index (χ1v) is 9.63. The SMILES string of the molecule is COc1ccc([N+](=O)[O-])cc1CN1CCCn2cccc2C1c1ccc(F)c(F)c1. The summed E-state index contributed by atoms with van der Waals surface area (Å²) in [5.41, 5.74) is 2.23. The molecule has 4 rings (SSSR count). The third-order valence-electron chi connectivity index (χ3n) is 5.46. The van der Waals surface area contributed by atoms with Crippen LogP contribution in [0.5, 0.6) is 5.75 Å². The lowest BCUT2D eigenvalue weighted by Gasteiger charge is -2.31. The van der Waals surface area contributed by atoms with Crippen LogP contribution in [-0.4, -0.2) is 28.0 Å². The summed E-state index contributed by atoms with van der Waals surface area (Å²) in [4.78, 5) is 12.9. The second-order valence-electron chi connectivity index (χ2n) is 7.28. The van der Waals surface area contributed by atoms with Crippen LogP contribution in [0.1, 0.15) is 29.3 Å². The second kappa shape index (κ2) is 8.23. The van der Waals surface area contributed by atoms with Crippen molar-refractivity contribution in [2.45, 2.75) is 25.6 Å². The molecule has 1 aliphatic rings. The Balaban J connectivity index is 1.78. The quantitative estimate of drug-likeness (QED) is 0.450. The number of aromatic nitrogens is 1. The fraction of sp³-hybridized carbons (Fsp3) is 0.273. The summed E-state index contributed by atoms with van der Waals surface area (Å²) in [6, 6.07) is 12.0. The lowest BCUT2D eigenvalue weighted by atomic mass is 10.0. The van der Waals surface area contributed by atoms with E-state index in [4.69, 9.17) is 4.74 Å². The number of aryl methyl sites for hydroxylation is 1. The molecule has 0 bridgehead atoms. The Morgan fingerprint density at radius 1 is 1.13 bits per heavy atom. The first-order chi connectivity index (χ1) is 14.5. The third kappa shape index (κ3) is 3.78. The smallest absolute Gasteiger partial charge is 0.270 e. The van der Waals surface area contributed by atoms with E-state index in [-0.39, 0.29) is 11.7 Å². The summed E-state index contributed by atoms with van der Waals surface area (Å²) in [5, 5.41) is 11.3. The number of hydrogen-bond acceptors (Lipinski definition) is 4. The normalized spacial score (nSPS) is 16.7. The predicted molar refractivity (Wildman–Crippen MR) is 107 cm³/mol. The standard InChI is InChI=1S/C22H21F2N3O3/c1-30-21-8-6-17(27(28)29)12-16(21)14-26-11-3-10-25-9-2-4-20(25)22(26)15-5-7-18(23)19(24)13-15/h2,4-9,12-13,22H,3,10-11,14H2,1H3. The van der Waals surface area contributed by atoms with Gasteiger partial charge in [0.1, 0.15) is 5.75 Å². The molecular formula is C22H21F2N3O3. The summed E-state index contributed by atoms with van der Waals surface area (Å²) in [6.07, 6.45) is 2.82. The fourth-order valence-electron chi connectivity index (χ4n) is 4.09. The first kappa shape index (κ1) is 20.0. The number of nitrogens with zero attached hydrogens (tertiary/aromatic N) is 3. The Bertz CT molecular complexity index is 1080. The minimum atomic E-state index is -0.900. The van der Waals surface area contributed by atoms with E-state index in [1.807, 2.05) is 18.3 Å². The lowest BCUT2D eigenvalue weighted by molar-refractivity contribution is -0.385. The van der Waals surface area contributed by atoms with Crippen LogP contribution in [0.4, 0.5) is 14.5 Å². The molecule has 0 amide bonds. The number of halogens is 2. The number of rotatable bonds is 5. The maximum absolute atomic E-state index is 14.1. The lowest BCUT2D eigenvalue weighted by Crippen LogP contribution is -2.29. The van der Waals surface area contributed by atoms with Crippen LogP contribution in [-0.2, 0) is 13.1 Å². The van der Waals surface area contributed by atoms with Crippen molar-refractivity contribution in [3.63, 3.8) is 0 Å². The molecule has 0 fully saturated rings. The number of nitro benzene ring substituents is 1. The Hall–Kier alpha value is -3.26. The van der Waals surface area contributed by atoms with E-state index in [2.05, 4.69) is 9.47 Å². The van der Waals surface area contributed by atoms with Crippen molar-refractivity contribution in [2.75, 3.05) is 13.7 Å². The molecule has 3 aromatic rings. The van der Waals surface area contributed by atoms with Gasteiger partial charge in [-0.05, 0) is 42.3 Å². The van der Waals surface area contributed by atoms with E-state index >= 15 is 0 Å². The summed E-state index contributed by atoms with van der Waals surface area (Å²) in [6.45, 7) is 1.84. The van der Waals surface area contributed by atoms with Gasteiger partial charge in [-0.3, -0.25) is 15.0 Å². The van der Waals surface area contributed by atoms with Crippen LogP contribution >= 0.6 is 0 Å². The van der Waals surface area contributed by atoms with E-state index in [0.29, 0.717) is 30.0 Å². The van der Waals surface area contributed by atoms with Gasteiger partial charge in [0.15, 0.2) is 11.6 Å². The van der Waals surface area contributed by atoms with Crippen molar-refractivity contribution in [3.05, 3.63) is 93.3 Å². The second-order valence-corrected chi connectivity index (χ2v) is 7.28. The highest BCUT2D eigenvalue weighted by Gasteiger charge is 2.29. The molecule has 0 N–H and O–H groups in total. The molecule has 6 nitrogen and oxygen atoms in total. The van der Waals surface area contributed by atoms with Gasteiger partial charge in [-0.15, -0.1) is 0 Å². The van der Waals surface area contributed by atoms with Crippen LogP contribution in [0.3, 0.4) is 0 Å². The third-order valence-corrected chi connectivity index (χ3v) is 5.46. The molecular weight excluding hydrogens is 392 g/mol. The monoisotopic (exact) mass is 413 g/mol. The van der Waals surface area contributed by atoms with Crippen molar-refractivity contribution in [2.24, 2.45) is 0 Å². The minimum absolute atomic E-state index is 0.0200. The number of benzene rings is 2. The molecule has 1 aromatic heterocycles. The van der Waals surface area contributed by atoms with Gasteiger partial charge in [-0.1, -0.05) is 6.07 Å². The van der Waals surface area contributed by atoms with Crippen molar-refractivity contribution in [3.8, 4) is 5.75 Å². The molecule has 0 saturated heterocycles. The van der Waals surface area contributed by atoms with Crippen LogP contribution < -0.4 is 4.74 Å². The topological polar surface area (TPSA) is 60.5 Å².